The monoisotopic (exact) mass is 196 g/mol. The first kappa shape index (κ1) is 10.1. The SMILES string of the molecule is CCC(=O)C(C)C(=O)c1cccs1. The van der Waals surface area contributed by atoms with Crippen LogP contribution in [-0.2, 0) is 4.79 Å². The molecule has 1 aromatic rings. The molecule has 1 atom stereocenters. The van der Waals surface area contributed by atoms with Gasteiger partial charge in [-0.15, -0.1) is 11.3 Å². The molecule has 0 radical (unpaired) electrons. The minimum atomic E-state index is -0.483. The quantitative estimate of drug-likeness (QED) is 0.548. The lowest BCUT2D eigenvalue weighted by Crippen LogP contribution is -2.19. The molecular weight excluding hydrogens is 184 g/mol. The van der Waals surface area contributed by atoms with Crippen molar-refractivity contribution >= 4 is 22.9 Å². The molecule has 2 nitrogen and oxygen atoms in total. The number of Topliss-reactive ketones (excluding diaryl/α,β-unsaturated/α-hetero) is 2. The summed E-state index contributed by atoms with van der Waals surface area (Å²) in [5.41, 5.74) is 0. The lowest BCUT2D eigenvalue weighted by atomic mass is 9.99. The van der Waals surface area contributed by atoms with Gasteiger partial charge in [-0.25, -0.2) is 0 Å². The highest BCUT2D eigenvalue weighted by Crippen LogP contribution is 2.15. The molecule has 1 unspecified atom stereocenters. The standard InChI is InChI=1S/C10H12O2S/c1-3-8(11)7(2)10(12)9-5-4-6-13-9/h4-7H,3H2,1-2H3. The van der Waals surface area contributed by atoms with Gasteiger partial charge < -0.3 is 0 Å². The molecule has 0 aliphatic carbocycles. The van der Waals surface area contributed by atoms with Crippen molar-refractivity contribution in [1.82, 2.24) is 0 Å². The Hall–Kier alpha value is -0.960. The van der Waals surface area contributed by atoms with E-state index in [9.17, 15) is 9.59 Å². The molecule has 0 saturated heterocycles. The molecule has 0 amide bonds. The van der Waals surface area contributed by atoms with Crippen molar-refractivity contribution in [2.24, 2.45) is 5.92 Å². The Bertz CT molecular complexity index is 301. The van der Waals surface area contributed by atoms with Crippen LogP contribution in [0.2, 0.25) is 0 Å². The highest BCUT2D eigenvalue weighted by atomic mass is 32.1. The number of thiophene rings is 1. The lowest BCUT2D eigenvalue weighted by molar-refractivity contribution is -0.120. The van der Waals surface area contributed by atoms with E-state index in [0.29, 0.717) is 11.3 Å². The van der Waals surface area contributed by atoms with Gasteiger partial charge >= 0.3 is 0 Å². The molecule has 0 spiro atoms. The summed E-state index contributed by atoms with van der Waals surface area (Å²) in [4.78, 5) is 23.5. The van der Waals surface area contributed by atoms with Crippen LogP contribution in [0.25, 0.3) is 0 Å². The predicted molar refractivity (Wildman–Crippen MR) is 53.1 cm³/mol. The van der Waals surface area contributed by atoms with Crippen LogP contribution in [-0.4, -0.2) is 11.6 Å². The van der Waals surface area contributed by atoms with Crippen LogP contribution in [0, 0.1) is 5.92 Å². The Morgan fingerprint density at radius 1 is 1.54 bits per heavy atom. The maximum absolute atomic E-state index is 11.6. The van der Waals surface area contributed by atoms with Gasteiger partial charge in [-0.1, -0.05) is 13.0 Å². The van der Waals surface area contributed by atoms with Crippen LogP contribution < -0.4 is 0 Å². The third-order valence-corrected chi connectivity index (χ3v) is 2.87. The van der Waals surface area contributed by atoms with E-state index in [0.717, 1.165) is 0 Å². The van der Waals surface area contributed by atoms with Crippen LogP contribution in [0.4, 0.5) is 0 Å². The summed E-state index contributed by atoms with van der Waals surface area (Å²) < 4.78 is 0. The maximum Gasteiger partial charge on any atom is 0.182 e. The van der Waals surface area contributed by atoms with E-state index in [1.165, 1.54) is 11.3 Å². The van der Waals surface area contributed by atoms with Crippen LogP contribution in [0.3, 0.4) is 0 Å². The number of hydrogen-bond acceptors (Lipinski definition) is 3. The number of ketones is 2. The van der Waals surface area contributed by atoms with Crippen LogP contribution >= 0.6 is 11.3 Å². The minimum Gasteiger partial charge on any atom is -0.299 e. The van der Waals surface area contributed by atoms with Gasteiger partial charge in [-0.3, -0.25) is 9.59 Å². The summed E-state index contributed by atoms with van der Waals surface area (Å²) in [6.45, 7) is 3.45. The molecule has 13 heavy (non-hydrogen) atoms. The number of carbonyl (C=O) groups is 2. The summed E-state index contributed by atoms with van der Waals surface area (Å²) >= 11 is 1.39. The molecule has 0 aliphatic heterocycles. The van der Waals surface area contributed by atoms with Gasteiger partial charge in [0.2, 0.25) is 0 Å². The molecule has 3 heteroatoms. The highest BCUT2D eigenvalue weighted by molar-refractivity contribution is 7.12. The largest absolute Gasteiger partial charge is 0.299 e. The summed E-state index contributed by atoms with van der Waals surface area (Å²) in [6.07, 6.45) is 0.429. The van der Waals surface area contributed by atoms with Gasteiger partial charge in [0, 0.05) is 6.42 Å². The van der Waals surface area contributed by atoms with E-state index in [2.05, 4.69) is 0 Å². The molecule has 1 aromatic heterocycles. The van der Waals surface area contributed by atoms with Crippen molar-refractivity contribution in [3.63, 3.8) is 0 Å². The summed E-state index contributed by atoms with van der Waals surface area (Å²) in [5, 5.41) is 1.84. The van der Waals surface area contributed by atoms with E-state index >= 15 is 0 Å². The van der Waals surface area contributed by atoms with Crippen molar-refractivity contribution in [2.75, 3.05) is 0 Å². The molecule has 1 heterocycles. The Morgan fingerprint density at radius 3 is 2.69 bits per heavy atom. The molecule has 70 valence electrons. The van der Waals surface area contributed by atoms with E-state index in [1.807, 2.05) is 11.4 Å². The first-order chi connectivity index (χ1) is 6.16. The zero-order valence-electron chi connectivity index (χ0n) is 7.74. The molecule has 0 fully saturated rings. The average Bonchev–Trinajstić information content (AvgIpc) is 2.67. The number of rotatable bonds is 4. The third-order valence-electron chi connectivity index (χ3n) is 1.99. The fraction of sp³-hybridized carbons (Fsp3) is 0.400. The molecular formula is C10H12O2S. The van der Waals surface area contributed by atoms with Gasteiger partial charge in [-0.2, -0.15) is 0 Å². The van der Waals surface area contributed by atoms with Gasteiger partial charge in [0.1, 0.15) is 5.78 Å². The molecule has 0 bridgehead atoms. The second kappa shape index (κ2) is 4.33. The molecule has 0 saturated carbocycles. The Labute approximate surface area is 81.6 Å². The highest BCUT2D eigenvalue weighted by Gasteiger charge is 2.21. The van der Waals surface area contributed by atoms with Crippen molar-refractivity contribution < 1.29 is 9.59 Å². The Balaban J connectivity index is 2.74. The van der Waals surface area contributed by atoms with Crippen molar-refractivity contribution in [1.29, 1.82) is 0 Å². The first-order valence-electron chi connectivity index (χ1n) is 4.27. The lowest BCUT2D eigenvalue weighted by Gasteiger charge is -2.05. The normalized spacial score (nSPS) is 12.5. The van der Waals surface area contributed by atoms with Crippen LogP contribution in [0.1, 0.15) is 29.9 Å². The Morgan fingerprint density at radius 2 is 2.23 bits per heavy atom. The minimum absolute atomic E-state index is 0.0124. The second-order valence-electron chi connectivity index (χ2n) is 2.88. The van der Waals surface area contributed by atoms with Crippen molar-refractivity contribution in [3.8, 4) is 0 Å². The van der Waals surface area contributed by atoms with Crippen molar-refractivity contribution in [2.45, 2.75) is 20.3 Å². The van der Waals surface area contributed by atoms with E-state index in [-0.39, 0.29) is 11.6 Å². The van der Waals surface area contributed by atoms with E-state index in [1.54, 1.807) is 19.9 Å². The molecule has 0 aliphatic rings. The summed E-state index contributed by atoms with van der Waals surface area (Å²) in [6, 6.07) is 3.58. The average molecular weight is 196 g/mol. The second-order valence-corrected chi connectivity index (χ2v) is 3.83. The van der Waals surface area contributed by atoms with Gasteiger partial charge in [0.25, 0.3) is 0 Å². The zero-order valence-corrected chi connectivity index (χ0v) is 8.56. The number of hydrogen-bond donors (Lipinski definition) is 0. The topological polar surface area (TPSA) is 34.1 Å². The molecule has 0 aromatic carbocycles. The molecule has 0 N–H and O–H groups in total. The third kappa shape index (κ3) is 2.25. The molecule has 1 rings (SSSR count). The Kier molecular flexibility index (Phi) is 3.37. The fourth-order valence-corrected chi connectivity index (χ4v) is 1.84. The number of carbonyl (C=O) groups excluding carboxylic acids is 2. The van der Waals surface area contributed by atoms with E-state index < -0.39 is 5.92 Å². The first-order valence-corrected chi connectivity index (χ1v) is 5.15. The zero-order chi connectivity index (χ0) is 9.84. The van der Waals surface area contributed by atoms with Gasteiger partial charge in [0.05, 0.1) is 10.8 Å². The maximum atomic E-state index is 11.6. The van der Waals surface area contributed by atoms with Crippen LogP contribution in [0.15, 0.2) is 17.5 Å². The van der Waals surface area contributed by atoms with E-state index in [4.69, 9.17) is 0 Å². The summed E-state index contributed by atoms with van der Waals surface area (Å²) in [7, 11) is 0. The van der Waals surface area contributed by atoms with Crippen LogP contribution in [0.5, 0.6) is 0 Å². The fourth-order valence-electron chi connectivity index (χ4n) is 1.08. The smallest absolute Gasteiger partial charge is 0.182 e. The van der Waals surface area contributed by atoms with Gasteiger partial charge in [-0.05, 0) is 18.4 Å². The van der Waals surface area contributed by atoms with Gasteiger partial charge in [0.15, 0.2) is 5.78 Å². The van der Waals surface area contributed by atoms with Crippen molar-refractivity contribution in [3.05, 3.63) is 22.4 Å². The predicted octanol–water partition coefficient (Wildman–Crippen LogP) is 2.55. The summed E-state index contributed by atoms with van der Waals surface area (Å²) in [5.74, 6) is -0.524.